The molecule has 5 rings (SSSR count). The van der Waals surface area contributed by atoms with Crippen LogP contribution in [-0.4, -0.2) is 26.6 Å². The molecule has 0 aliphatic carbocycles. The average Bonchev–Trinajstić information content (AvgIpc) is 3.15. The van der Waals surface area contributed by atoms with Crippen LogP contribution in [0.3, 0.4) is 0 Å². The fourth-order valence-electron chi connectivity index (χ4n) is 3.52. The molecule has 3 aromatic carbocycles. The van der Waals surface area contributed by atoms with E-state index in [1.807, 2.05) is 48.5 Å². The maximum atomic E-state index is 5.30. The van der Waals surface area contributed by atoms with Crippen molar-refractivity contribution in [1.29, 1.82) is 0 Å². The van der Waals surface area contributed by atoms with E-state index >= 15 is 0 Å². The van der Waals surface area contributed by atoms with E-state index in [4.69, 9.17) is 19.7 Å². The van der Waals surface area contributed by atoms with Crippen LogP contribution in [0.2, 0.25) is 0 Å². The Kier molecular flexibility index (Phi) is 4.21. The molecule has 2 heterocycles. The quantitative estimate of drug-likeness (QED) is 0.430. The molecule has 142 valence electrons. The third-order valence-electron chi connectivity index (χ3n) is 5.12. The second-order valence-electron chi connectivity index (χ2n) is 6.88. The van der Waals surface area contributed by atoms with Gasteiger partial charge in [0.15, 0.2) is 11.3 Å². The Labute approximate surface area is 168 Å². The van der Waals surface area contributed by atoms with Crippen LogP contribution in [0.1, 0.15) is 12.5 Å². The van der Waals surface area contributed by atoms with Gasteiger partial charge in [-0.15, -0.1) is 0 Å². The summed E-state index contributed by atoms with van der Waals surface area (Å²) in [5.41, 5.74) is 6.36. The van der Waals surface area contributed by atoms with Gasteiger partial charge in [0, 0.05) is 11.3 Å². The molecule has 5 aromatic rings. The first-order valence-electron chi connectivity index (χ1n) is 9.66. The van der Waals surface area contributed by atoms with Crippen molar-refractivity contribution >= 4 is 22.3 Å². The number of aryl methyl sites for hydroxylation is 1. The fourth-order valence-corrected chi connectivity index (χ4v) is 3.52. The largest absolute Gasteiger partial charge is 0.497 e. The van der Waals surface area contributed by atoms with Crippen LogP contribution >= 0.6 is 0 Å². The molecule has 0 radical (unpaired) electrons. The zero-order valence-corrected chi connectivity index (χ0v) is 16.3. The van der Waals surface area contributed by atoms with Gasteiger partial charge in [-0.05, 0) is 60.5 Å². The number of benzene rings is 3. The molecule has 0 saturated heterocycles. The Morgan fingerprint density at radius 3 is 2.14 bits per heavy atom. The van der Waals surface area contributed by atoms with Crippen molar-refractivity contribution in [2.45, 2.75) is 13.3 Å². The lowest BCUT2D eigenvalue weighted by atomic mass is 10.1. The Bertz CT molecular complexity index is 1310. The van der Waals surface area contributed by atoms with E-state index in [9.17, 15) is 0 Å². The Balaban J connectivity index is 1.80. The van der Waals surface area contributed by atoms with Gasteiger partial charge >= 0.3 is 0 Å². The number of hydrogen-bond donors (Lipinski definition) is 0. The normalized spacial score (nSPS) is 11.2. The summed E-state index contributed by atoms with van der Waals surface area (Å²) < 4.78 is 7.38. The Morgan fingerprint density at radius 2 is 1.48 bits per heavy atom. The monoisotopic (exact) mass is 380 g/mol. The van der Waals surface area contributed by atoms with Gasteiger partial charge in [0.25, 0.3) is 0 Å². The third kappa shape index (κ3) is 3.01. The van der Waals surface area contributed by atoms with Crippen molar-refractivity contribution in [1.82, 2.24) is 19.5 Å². The maximum absolute atomic E-state index is 5.30. The lowest BCUT2D eigenvalue weighted by molar-refractivity contribution is 0.415. The molecule has 0 saturated carbocycles. The third-order valence-corrected chi connectivity index (χ3v) is 5.12. The Morgan fingerprint density at radius 1 is 0.793 bits per heavy atom. The van der Waals surface area contributed by atoms with E-state index in [2.05, 4.69) is 35.8 Å². The van der Waals surface area contributed by atoms with E-state index in [1.165, 1.54) is 5.56 Å². The molecule has 0 N–H and O–H groups in total. The number of rotatable bonds is 4. The van der Waals surface area contributed by atoms with E-state index in [-0.39, 0.29) is 0 Å². The highest BCUT2D eigenvalue weighted by atomic mass is 16.5. The van der Waals surface area contributed by atoms with Gasteiger partial charge < -0.3 is 4.74 Å². The molecule has 0 amide bonds. The highest BCUT2D eigenvalue weighted by Gasteiger charge is 2.17. The smallest absolute Gasteiger partial charge is 0.199 e. The summed E-state index contributed by atoms with van der Waals surface area (Å²) in [5.74, 6) is 1.62. The van der Waals surface area contributed by atoms with E-state index in [0.717, 1.165) is 45.9 Å². The topological polar surface area (TPSA) is 52.8 Å². The van der Waals surface area contributed by atoms with Crippen LogP contribution in [0.25, 0.3) is 39.4 Å². The number of hydrogen-bond acceptors (Lipinski definition) is 4. The summed E-state index contributed by atoms with van der Waals surface area (Å²) in [6.07, 6.45) is 1.00. The molecule has 0 fully saturated rings. The maximum Gasteiger partial charge on any atom is 0.199 e. The van der Waals surface area contributed by atoms with Gasteiger partial charge in [-0.25, -0.2) is 15.0 Å². The number of ether oxygens (including phenoxy) is 1. The van der Waals surface area contributed by atoms with Gasteiger partial charge in [0.05, 0.1) is 18.1 Å². The molecule has 5 heteroatoms. The number of imidazole rings is 1. The molecule has 5 nitrogen and oxygen atoms in total. The molecule has 2 aromatic heterocycles. The van der Waals surface area contributed by atoms with Crippen LogP contribution in [-0.2, 0) is 6.42 Å². The second kappa shape index (κ2) is 7.02. The van der Waals surface area contributed by atoms with Crippen LogP contribution < -0.4 is 4.74 Å². The highest BCUT2D eigenvalue weighted by Crippen LogP contribution is 2.29. The van der Waals surface area contributed by atoms with Gasteiger partial charge in [-0.1, -0.05) is 31.2 Å². The minimum Gasteiger partial charge on any atom is -0.497 e. The molecule has 29 heavy (non-hydrogen) atoms. The molecule has 0 spiro atoms. The first kappa shape index (κ1) is 17.4. The molecule has 0 aliphatic rings. The fraction of sp³-hybridized carbons (Fsp3) is 0.125. The van der Waals surface area contributed by atoms with E-state index < -0.39 is 0 Å². The minimum atomic E-state index is 0.633. The molecule has 0 aliphatic heterocycles. The zero-order valence-electron chi connectivity index (χ0n) is 16.3. The van der Waals surface area contributed by atoms with Crippen molar-refractivity contribution in [3.8, 4) is 22.8 Å². The molecular weight excluding hydrogens is 360 g/mol. The zero-order chi connectivity index (χ0) is 19.8. The van der Waals surface area contributed by atoms with Gasteiger partial charge in [0.2, 0.25) is 0 Å². The predicted octanol–water partition coefficient (Wildman–Crippen LogP) is 5.21. The van der Waals surface area contributed by atoms with Crippen LogP contribution in [0.4, 0.5) is 0 Å². The first-order valence-corrected chi connectivity index (χ1v) is 9.66. The highest BCUT2D eigenvalue weighted by molar-refractivity contribution is 5.86. The molecule has 0 bridgehead atoms. The average molecular weight is 380 g/mol. The van der Waals surface area contributed by atoms with Gasteiger partial charge in [-0.3, -0.25) is 4.57 Å². The first-order chi connectivity index (χ1) is 14.3. The lowest BCUT2D eigenvalue weighted by Gasteiger charge is -2.10. The summed E-state index contributed by atoms with van der Waals surface area (Å²) >= 11 is 0. The second-order valence-corrected chi connectivity index (χ2v) is 6.88. The van der Waals surface area contributed by atoms with Crippen molar-refractivity contribution in [3.05, 3.63) is 78.4 Å². The van der Waals surface area contributed by atoms with Crippen molar-refractivity contribution in [2.24, 2.45) is 0 Å². The molecule has 0 unspecified atom stereocenters. The van der Waals surface area contributed by atoms with Crippen LogP contribution in [0.5, 0.6) is 5.75 Å². The van der Waals surface area contributed by atoms with Crippen molar-refractivity contribution < 1.29 is 4.74 Å². The van der Waals surface area contributed by atoms with E-state index in [1.54, 1.807) is 7.11 Å². The Hall–Kier alpha value is -3.73. The SMILES string of the molecule is CCc1ccc(-n2c(-c3ccc(OC)cc3)nc3nc4ccccc4nc32)cc1. The molecular formula is C24H20N4O. The van der Waals surface area contributed by atoms with Crippen LogP contribution in [0.15, 0.2) is 72.8 Å². The summed E-state index contributed by atoms with van der Waals surface area (Å²) in [4.78, 5) is 14.5. The summed E-state index contributed by atoms with van der Waals surface area (Å²) in [5, 5.41) is 0. The van der Waals surface area contributed by atoms with Crippen molar-refractivity contribution in [3.63, 3.8) is 0 Å². The molecule has 0 atom stereocenters. The summed E-state index contributed by atoms with van der Waals surface area (Å²) in [7, 11) is 1.67. The predicted molar refractivity (Wildman–Crippen MR) is 116 cm³/mol. The van der Waals surface area contributed by atoms with E-state index in [0.29, 0.717) is 5.65 Å². The summed E-state index contributed by atoms with van der Waals surface area (Å²) in [6, 6.07) is 24.3. The number of aromatic nitrogens is 4. The summed E-state index contributed by atoms with van der Waals surface area (Å²) in [6.45, 7) is 2.15. The minimum absolute atomic E-state index is 0.633. The van der Waals surface area contributed by atoms with Gasteiger partial charge in [-0.2, -0.15) is 0 Å². The number of para-hydroxylation sites is 2. The number of fused-ring (bicyclic) bond motifs is 2. The van der Waals surface area contributed by atoms with Gasteiger partial charge in [0.1, 0.15) is 11.6 Å². The number of nitrogens with zero attached hydrogens (tertiary/aromatic N) is 4. The standard InChI is InChI=1S/C24H20N4O/c1-3-16-8-12-18(13-9-16)28-23(17-10-14-19(29-2)15-11-17)27-22-24(28)26-21-7-5-4-6-20(21)25-22/h4-15H,3H2,1-2H3. The lowest BCUT2D eigenvalue weighted by Crippen LogP contribution is -1.99. The number of methoxy groups -OCH3 is 1. The van der Waals surface area contributed by atoms with Crippen molar-refractivity contribution in [2.75, 3.05) is 7.11 Å². The van der Waals surface area contributed by atoms with Crippen LogP contribution in [0, 0.1) is 0 Å².